The van der Waals surface area contributed by atoms with E-state index in [1.54, 1.807) is 12.4 Å². The summed E-state index contributed by atoms with van der Waals surface area (Å²) in [6, 6.07) is 14.3. The summed E-state index contributed by atoms with van der Waals surface area (Å²) in [7, 11) is 0. The molecule has 2 N–H and O–H groups in total. The minimum absolute atomic E-state index is 0.225. The number of rotatable bonds is 4. The molecule has 19 heavy (non-hydrogen) atoms. The summed E-state index contributed by atoms with van der Waals surface area (Å²) in [4.78, 5) is 3.97. The highest BCUT2D eigenvalue weighted by atomic mass is 32.1. The van der Waals surface area contributed by atoms with Gasteiger partial charge in [-0.25, -0.2) is 0 Å². The van der Waals surface area contributed by atoms with E-state index in [2.05, 4.69) is 34.7 Å². The van der Waals surface area contributed by atoms with Crippen LogP contribution >= 0.6 is 12.2 Å². The van der Waals surface area contributed by atoms with Crippen molar-refractivity contribution < 1.29 is 0 Å². The molecule has 1 aromatic carbocycles. The quantitative estimate of drug-likeness (QED) is 0.834. The van der Waals surface area contributed by atoms with Gasteiger partial charge in [0.05, 0.1) is 6.04 Å². The highest BCUT2D eigenvalue weighted by molar-refractivity contribution is 7.80. The molecule has 0 unspecified atom stereocenters. The monoisotopic (exact) mass is 271 g/mol. The molecule has 2 aromatic rings. The zero-order chi connectivity index (χ0) is 13.5. The number of nitrogens with one attached hydrogen (secondary N) is 2. The van der Waals surface area contributed by atoms with Crippen LogP contribution in [0.4, 0.5) is 5.69 Å². The Morgan fingerprint density at radius 2 is 1.84 bits per heavy atom. The SMILES string of the molecule is CC[C@@H](NC(=S)Nc1ccncc1)c1ccccc1. The zero-order valence-electron chi connectivity index (χ0n) is 10.8. The van der Waals surface area contributed by atoms with E-state index in [4.69, 9.17) is 12.2 Å². The fourth-order valence-corrected chi connectivity index (χ4v) is 2.13. The molecular formula is C15H17N3S. The summed E-state index contributed by atoms with van der Waals surface area (Å²) in [5.41, 5.74) is 2.18. The van der Waals surface area contributed by atoms with E-state index in [9.17, 15) is 0 Å². The Morgan fingerprint density at radius 3 is 2.47 bits per heavy atom. The van der Waals surface area contributed by atoms with E-state index < -0.39 is 0 Å². The van der Waals surface area contributed by atoms with Crippen LogP contribution in [0.1, 0.15) is 24.9 Å². The minimum Gasteiger partial charge on any atom is -0.356 e. The van der Waals surface area contributed by atoms with Gasteiger partial charge in [-0.15, -0.1) is 0 Å². The molecule has 0 bridgehead atoms. The maximum Gasteiger partial charge on any atom is 0.171 e. The van der Waals surface area contributed by atoms with Gasteiger partial charge >= 0.3 is 0 Å². The first kappa shape index (κ1) is 13.5. The lowest BCUT2D eigenvalue weighted by Crippen LogP contribution is -2.32. The van der Waals surface area contributed by atoms with Gasteiger partial charge in [0.2, 0.25) is 0 Å². The summed E-state index contributed by atoms with van der Waals surface area (Å²) < 4.78 is 0. The molecule has 3 nitrogen and oxygen atoms in total. The van der Waals surface area contributed by atoms with Gasteiger partial charge in [0.1, 0.15) is 0 Å². The van der Waals surface area contributed by atoms with E-state index in [1.807, 2.05) is 30.3 Å². The summed E-state index contributed by atoms with van der Waals surface area (Å²) >= 11 is 5.34. The second-order valence-electron chi connectivity index (χ2n) is 4.21. The van der Waals surface area contributed by atoms with Gasteiger partial charge in [-0.1, -0.05) is 37.3 Å². The second-order valence-corrected chi connectivity index (χ2v) is 4.61. The highest BCUT2D eigenvalue weighted by Gasteiger charge is 2.09. The van der Waals surface area contributed by atoms with E-state index in [-0.39, 0.29) is 6.04 Å². The van der Waals surface area contributed by atoms with Crippen molar-refractivity contribution in [2.75, 3.05) is 5.32 Å². The molecule has 0 aliphatic carbocycles. The van der Waals surface area contributed by atoms with Crippen molar-refractivity contribution in [2.24, 2.45) is 0 Å². The van der Waals surface area contributed by atoms with Gasteiger partial charge in [-0.3, -0.25) is 4.98 Å². The maximum absolute atomic E-state index is 5.34. The lowest BCUT2D eigenvalue weighted by molar-refractivity contribution is 0.629. The number of benzene rings is 1. The molecule has 0 saturated heterocycles. The number of hydrogen-bond acceptors (Lipinski definition) is 2. The molecule has 2 rings (SSSR count). The normalized spacial score (nSPS) is 11.6. The third-order valence-electron chi connectivity index (χ3n) is 2.85. The summed E-state index contributed by atoms with van der Waals surface area (Å²) in [5, 5.41) is 7.11. The molecule has 0 amide bonds. The average molecular weight is 271 g/mol. The average Bonchev–Trinajstić information content (AvgIpc) is 2.47. The molecule has 98 valence electrons. The second kappa shape index (κ2) is 6.85. The molecule has 0 aliphatic rings. The number of thiocarbonyl (C=S) groups is 1. The summed E-state index contributed by atoms with van der Waals surface area (Å²) in [6.45, 7) is 2.14. The molecule has 0 radical (unpaired) electrons. The van der Waals surface area contributed by atoms with Crippen LogP contribution in [-0.4, -0.2) is 10.1 Å². The third kappa shape index (κ3) is 4.03. The molecular weight excluding hydrogens is 254 g/mol. The number of aromatic nitrogens is 1. The van der Waals surface area contributed by atoms with Crippen molar-refractivity contribution >= 4 is 23.0 Å². The molecule has 0 aliphatic heterocycles. The van der Waals surface area contributed by atoms with Crippen LogP contribution < -0.4 is 10.6 Å². The van der Waals surface area contributed by atoms with Gasteiger partial charge in [0.25, 0.3) is 0 Å². The van der Waals surface area contributed by atoms with E-state index in [0.717, 1.165) is 12.1 Å². The van der Waals surface area contributed by atoms with Gasteiger partial charge in [-0.05, 0) is 36.3 Å². The summed E-state index contributed by atoms with van der Waals surface area (Å²) in [6.07, 6.45) is 4.45. The fourth-order valence-electron chi connectivity index (χ4n) is 1.87. The lowest BCUT2D eigenvalue weighted by Gasteiger charge is -2.19. The molecule has 1 atom stereocenters. The van der Waals surface area contributed by atoms with Crippen molar-refractivity contribution in [1.29, 1.82) is 0 Å². The predicted molar refractivity (Wildman–Crippen MR) is 83.1 cm³/mol. The maximum atomic E-state index is 5.34. The minimum atomic E-state index is 0.225. The first-order valence-electron chi connectivity index (χ1n) is 6.32. The van der Waals surface area contributed by atoms with Crippen LogP contribution in [0.2, 0.25) is 0 Å². The Bertz CT molecular complexity index is 513. The van der Waals surface area contributed by atoms with E-state index >= 15 is 0 Å². The van der Waals surface area contributed by atoms with Crippen molar-refractivity contribution in [3.8, 4) is 0 Å². The van der Waals surface area contributed by atoms with Crippen molar-refractivity contribution in [3.05, 3.63) is 60.4 Å². The molecule has 1 heterocycles. The van der Waals surface area contributed by atoms with Crippen LogP contribution in [0, 0.1) is 0 Å². The summed E-state index contributed by atoms with van der Waals surface area (Å²) in [5.74, 6) is 0. The standard InChI is InChI=1S/C15H17N3S/c1-2-14(12-6-4-3-5-7-12)18-15(19)17-13-8-10-16-11-9-13/h3-11,14H,2H2,1H3,(H2,16,17,18,19)/t14-/m1/s1. The Labute approximate surface area is 119 Å². The predicted octanol–water partition coefficient (Wildman–Crippen LogP) is 3.52. The topological polar surface area (TPSA) is 37.0 Å². The Balaban J connectivity index is 1.97. The van der Waals surface area contributed by atoms with E-state index in [1.165, 1.54) is 5.56 Å². The Morgan fingerprint density at radius 1 is 1.16 bits per heavy atom. The molecule has 0 fully saturated rings. The lowest BCUT2D eigenvalue weighted by atomic mass is 10.1. The first-order valence-corrected chi connectivity index (χ1v) is 6.73. The third-order valence-corrected chi connectivity index (χ3v) is 3.07. The first-order chi connectivity index (χ1) is 9.29. The number of nitrogens with zero attached hydrogens (tertiary/aromatic N) is 1. The molecule has 0 saturated carbocycles. The van der Waals surface area contributed by atoms with Crippen LogP contribution in [0.3, 0.4) is 0 Å². The van der Waals surface area contributed by atoms with Crippen LogP contribution in [0.25, 0.3) is 0 Å². The van der Waals surface area contributed by atoms with E-state index in [0.29, 0.717) is 5.11 Å². The molecule has 4 heteroatoms. The molecule has 1 aromatic heterocycles. The zero-order valence-corrected chi connectivity index (χ0v) is 11.7. The van der Waals surface area contributed by atoms with Crippen LogP contribution in [-0.2, 0) is 0 Å². The van der Waals surface area contributed by atoms with Gasteiger partial charge in [0.15, 0.2) is 5.11 Å². The van der Waals surface area contributed by atoms with Crippen LogP contribution in [0.15, 0.2) is 54.9 Å². The van der Waals surface area contributed by atoms with Crippen LogP contribution in [0.5, 0.6) is 0 Å². The van der Waals surface area contributed by atoms with Gasteiger partial charge in [0, 0.05) is 18.1 Å². The van der Waals surface area contributed by atoms with Gasteiger partial charge in [-0.2, -0.15) is 0 Å². The number of pyridine rings is 1. The number of anilines is 1. The highest BCUT2D eigenvalue weighted by Crippen LogP contribution is 2.16. The van der Waals surface area contributed by atoms with Crippen molar-refractivity contribution in [2.45, 2.75) is 19.4 Å². The smallest absolute Gasteiger partial charge is 0.171 e. The van der Waals surface area contributed by atoms with Crippen molar-refractivity contribution in [1.82, 2.24) is 10.3 Å². The Kier molecular flexibility index (Phi) is 4.86. The van der Waals surface area contributed by atoms with Gasteiger partial charge < -0.3 is 10.6 Å². The molecule has 0 spiro atoms. The van der Waals surface area contributed by atoms with Crippen molar-refractivity contribution in [3.63, 3.8) is 0 Å². The fraction of sp³-hybridized carbons (Fsp3) is 0.200. The number of hydrogen-bond donors (Lipinski definition) is 2. The largest absolute Gasteiger partial charge is 0.356 e. The Hall–Kier alpha value is -1.94.